The zero-order chi connectivity index (χ0) is 17.6. The lowest BCUT2D eigenvalue weighted by Gasteiger charge is -2.07. The number of phenolic OH excluding ortho intramolecular Hbond substituents is 1. The molecule has 0 fully saturated rings. The molecule has 0 atom stereocenters. The van der Waals surface area contributed by atoms with E-state index in [0.29, 0.717) is 22.5 Å². The highest BCUT2D eigenvalue weighted by atomic mass is 19.1. The number of anilines is 1. The molecule has 0 aliphatic carbocycles. The number of para-hydroxylation sites is 2. The molecule has 2 N–H and O–H groups in total. The Morgan fingerprint density at radius 2 is 1.64 bits per heavy atom. The summed E-state index contributed by atoms with van der Waals surface area (Å²) < 4.78 is 13.0. The molecule has 0 aliphatic rings. The predicted octanol–water partition coefficient (Wildman–Crippen LogP) is 4.53. The largest absolute Gasteiger partial charge is 0.507 e. The first-order valence-electron chi connectivity index (χ1n) is 7.61. The van der Waals surface area contributed by atoms with E-state index < -0.39 is 0 Å². The first kappa shape index (κ1) is 16.4. The molecule has 0 heterocycles. The second kappa shape index (κ2) is 7.40. The first-order chi connectivity index (χ1) is 12.1. The Hall–Kier alpha value is -3.47. The number of rotatable bonds is 4. The average Bonchev–Trinajstić information content (AvgIpc) is 2.63. The van der Waals surface area contributed by atoms with E-state index in [4.69, 9.17) is 0 Å². The summed E-state index contributed by atoms with van der Waals surface area (Å²) in [7, 11) is 0. The molecule has 0 spiro atoms. The summed E-state index contributed by atoms with van der Waals surface area (Å²) >= 11 is 0. The summed E-state index contributed by atoms with van der Waals surface area (Å²) in [4.78, 5) is 16.8. The number of hydrogen-bond donors (Lipinski definition) is 2. The van der Waals surface area contributed by atoms with Crippen LogP contribution in [0.15, 0.2) is 77.8 Å². The number of aromatic hydroxyl groups is 1. The van der Waals surface area contributed by atoms with E-state index in [1.165, 1.54) is 30.5 Å². The number of hydrogen-bond acceptors (Lipinski definition) is 3. The third kappa shape index (κ3) is 4.09. The zero-order valence-corrected chi connectivity index (χ0v) is 13.2. The molecule has 5 heteroatoms. The zero-order valence-electron chi connectivity index (χ0n) is 13.2. The van der Waals surface area contributed by atoms with Gasteiger partial charge in [0.1, 0.15) is 11.6 Å². The van der Waals surface area contributed by atoms with Crippen LogP contribution in [0.4, 0.5) is 15.8 Å². The molecule has 0 radical (unpaired) electrons. The van der Waals surface area contributed by atoms with Gasteiger partial charge < -0.3 is 10.4 Å². The number of carbonyl (C=O) groups is 1. The molecule has 4 nitrogen and oxygen atoms in total. The molecule has 124 valence electrons. The van der Waals surface area contributed by atoms with E-state index in [-0.39, 0.29) is 17.5 Å². The SMILES string of the molecule is O=C(Nc1ccc(F)cc1)c1ccccc1N=Cc1ccccc1O. The molecule has 3 rings (SSSR count). The average molecular weight is 334 g/mol. The van der Waals surface area contributed by atoms with Gasteiger partial charge in [0, 0.05) is 17.5 Å². The lowest BCUT2D eigenvalue weighted by atomic mass is 10.1. The number of aliphatic imine (C=N–C) groups is 1. The normalized spacial score (nSPS) is 10.8. The van der Waals surface area contributed by atoms with Gasteiger partial charge in [-0.25, -0.2) is 4.39 Å². The van der Waals surface area contributed by atoms with Gasteiger partial charge in [0.15, 0.2) is 0 Å². The van der Waals surface area contributed by atoms with Gasteiger partial charge in [0.25, 0.3) is 5.91 Å². The Labute approximate surface area is 144 Å². The van der Waals surface area contributed by atoms with E-state index in [9.17, 15) is 14.3 Å². The maximum atomic E-state index is 13.0. The molecule has 0 saturated carbocycles. The van der Waals surface area contributed by atoms with Crippen LogP contribution in [-0.2, 0) is 0 Å². The van der Waals surface area contributed by atoms with E-state index in [0.717, 1.165) is 0 Å². The monoisotopic (exact) mass is 334 g/mol. The third-order valence-electron chi connectivity index (χ3n) is 3.53. The Kier molecular flexibility index (Phi) is 4.85. The van der Waals surface area contributed by atoms with Crippen molar-refractivity contribution in [3.8, 4) is 5.75 Å². The van der Waals surface area contributed by atoms with Gasteiger partial charge in [-0.3, -0.25) is 9.79 Å². The third-order valence-corrected chi connectivity index (χ3v) is 3.53. The van der Waals surface area contributed by atoms with Crippen molar-refractivity contribution in [3.63, 3.8) is 0 Å². The molecule has 25 heavy (non-hydrogen) atoms. The van der Waals surface area contributed by atoms with Gasteiger partial charge >= 0.3 is 0 Å². The molecular weight excluding hydrogens is 319 g/mol. The van der Waals surface area contributed by atoms with Crippen molar-refractivity contribution in [1.82, 2.24) is 0 Å². The van der Waals surface area contributed by atoms with Crippen molar-refractivity contribution in [2.24, 2.45) is 4.99 Å². The Morgan fingerprint density at radius 3 is 2.40 bits per heavy atom. The summed E-state index contributed by atoms with van der Waals surface area (Å²) in [5.74, 6) is -0.609. The molecule has 0 aliphatic heterocycles. The first-order valence-corrected chi connectivity index (χ1v) is 7.61. The highest BCUT2D eigenvalue weighted by Crippen LogP contribution is 2.22. The lowest BCUT2D eigenvalue weighted by molar-refractivity contribution is 0.102. The van der Waals surface area contributed by atoms with E-state index in [2.05, 4.69) is 10.3 Å². The van der Waals surface area contributed by atoms with Crippen LogP contribution in [0, 0.1) is 5.82 Å². The van der Waals surface area contributed by atoms with E-state index >= 15 is 0 Å². The van der Waals surface area contributed by atoms with Crippen LogP contribution >= 0.6 is 0 Å². The highest BCUT2D eigenvalue weighted by Gasteiger charge is 2.10. The fourth-order valence-electron chi connectivity index (χ4n) is 2.25. The topological polar surface area (TPSA) is 61.7 Å². The molecule has 0 aromatic heterocycles. The quantitative estimate of drug-likeness (QED) is 0.688. The van der Waals surface area contributed by atoms with Crippen molar-refractivity contribution < 1.29 is 14.3 Å². The lowest BCUT2D eigenvalue weighted by Crippen LogP contribution is -2.12. The summed E-state index contributed by atoms with van der Waals surface area (Å²) in [5.41, 5.74) is 1.88. The highest BCUT2D eigenvalue weighted by molar-refractivity contribution is 6.08. The number of nitrogens with zero attached hydrogens (tertiary/aromatic N) is 1. The van der Waals surface area contributed by atoms with Crippen LogP contribution in [0.1, 0.15) is 15.9 Å². The molecule has 0 unspecified atom stereocenters. The van der Waals surface area contributed by atoms with Gasteiger partial charge in [-0.05, 0) is 48.5 Å². The van der Waals surface area contributed by atoms with Crippen molar-refractivity contribution >= 4 is 23.5 Å². The smallest absolute Gasteiger partial charge is 0.257 e. The minimum Gasteiger partial charge on any atom is -0.507 e. The van der Waals surface area contributed by atoms with Crippen LogP contribution in [0.25, 0.3) is 0 Å². The van der Waals surface area contributed by atoms with Gasteiger partial charge in [-0.15, -0.1) is 0 Å². The number of phenols is 1. The van der Waals surface area contributed by atoms with Crippen molar-refractivity contribution in [3.05, 3.63) is 89.7 Å². The van der Waals surface area contributed by atoms with Crippen LogP contribution in [-0.4, -0.2) is 17.2 Å². The van der Waals surface area contributed by atoms with Gasteiger partial charge in [0.05, 0.1) is 11.3 Å². The van der Waals surface area contributed by atoms with E-state index in [1.54, 1.807) is 48.5 Å². The standard InChI is InChI=1S/C20H15FN2O2/c21-15-9-11-16(12-10-15)23-20(25)17-6-2-3-7-18(17)22-13-14-5-1-4-8-19(14)24/h1-13,24H,(H,23,25). The van der Waals surface area contributed by atoms with Gasteiger partial charge in [0.2, 0.25) is 0 Å². The number of benzene rings is 3. The fourth-order valence-corrected chi connectivity index (χ4v) is 2.25. The molecule has 3 aromatic rings. The van der Waals surface area contributed by atoms with Crippen molar-refractivity contribution in [2.45, 2.75) is 0 Å². The van der Waals surface area contributed by atoms with Crippen LogP contribution < -0.4 is 5.32 Å². The Morgan fingerprint density at radius 1 is 0.960 bits per heavy atom. The summed E-state index contributed by atoms with van der Waals surface area (Å²) in [5, 5.41) is 12.5. The Balaban J connectivity index is 1.84. The minimum atomic E-state index is -0.370. The number of halogens is 1. The van der Waals surface area contributed by atoms with Crippen molar-refractivity contribution in [1.29, 1.82) is 0 Å². The maximum Gasteiger partial charge on any atom is 0.257 e. The van der Waals surface area contributed by atoms with Crippen molar-refractivity contribution in [2.75, 3.05) is 5.32 Å². The van der Waals surface area contributed by atoms with Crippen LogP contribution in [0.3, 0.4) is 0 Å². The maximum absolute atomic E-state index is 13.0. The Bertz CT molecular complexity index is 921. The molecule has 1 amide bonds. The summed E-state index contributed by atoms with van der Waals surface area (Å²) in [6.07, 6.45) is 1.50. The van der Waals surface area contributed by atoms with Gasteiger partial charge in [-0.1, -0.05) is 24.3 Å². The summed E-state index contributed by atoms with van der Waals surface area (Å²) in [6.45, 7) is 0. The molecule has 3 aromatic carbocycles. The molecule has 0 bridgehead atoms. The minimum absolute atomic E-state index is 0.111. The summed E-state index contributed by atoms with van der Waals surface area (Å²) in [6, 6.07) is 19.2. The van der Waals surface area contributed by atoms with E-state index in [1.807, 2.05) is 0 Å². The number of carbonyl (C=O) groups excluding carboxylic acids is 1. The number of nitrogens with one attached hydrogen (secondary N) is 1. The predicted molar refractivity (Wildman–Crippen MR) is 96.2 cm³/mol. The fraction of sp³-hybridized carbons (Fsp3) is 0. The second-order valence-corrected chi connectivity index (χ2v) is 5.30. The van der Waals surface area contributed by atoms with Crippen LogP contribution in [0.2, 0.25) is 0 Å². The van der Waals surface area contributed by atoms with Gasteiger partial charge in [-0.2, -0.15) is 0 Å². The van der Waals surface area contributed by atoms with Crippen LogP contribution in [0.5, 0.6) is 5.75 Å². The molecule has 0 saturated heterocycles. The second-order valence-electron chi connectivity index (χ2n) is 5.30. The molecular formula is C20H15FN2O2. The number of amides is 1.